The summed E-state index contributed by atoms with van der Waals surface area (Å²) < 4.78 is 6.86. The lowest BCUT2D eigenvalue weighted by atomic mass is 10.1. The Morgan fingerprint density at radius 2 is 1.88 bits per heavy atom. The standard InChI is InChI=1S/C19H17N3O2/c1-3-14-17(12-8-10-13(24-2)11-9-12)21-19-20-15-6-4-5-7-16(15)22(19)18(14)23/h4-11H,3H2,1-2H3,(H,20,21). The first-order valence-electron chi connectivity index (χ1n) is 7.89. The van der Waals surface area contributed by atoms with Crippen LogP contribution in [-0.4, -0.2) is 21.5 Å². The van der Waals surface area contributed by atoms with Crippen LogP contribution in [0.4, 0.5) is 0 Å². The number of nitrogens with zero attached hydrogens (tertiary/aromatic N) is 2. The minimum Gasteiger partial charge on any atom is -0.497 e. The van der Waals surface area contributed by atoms with Crippen molar-refractivity contribution in [1.29, 1.82) is 0 Å². The van der Waals surface area contributed by atoms with Crippen molar-refractivity contribution in [3.63, 3.8) is 0 Å². The van der Waals surface area contributed by atoms with Crippen LogP contribution in [0.15, 0.2) is 53.3 Å². The average molecular weight is 319 g/mol. The molecule has 0 unspecified atom stereocenters. The lowest BCUT2D eigenvalue weighted by Gasteiger charge is -2.08. The molecule has 0 aliphatic rings. The highest BCUT2D eigenvalue weighted by molar-refractivity contribution is 5.80. The third-order valence-corrected chi connectivity index (χ3v) is 4.29. The Labute approximate surface area is 138 Å². The van der Waals surface area contributed by atoms with E-state index in [1.165, 1.54) is 0 Å². The van der Waals surface area contributed by atoms with Gasteiger partial charge in [0.1, 0.15) is 5.75 Å². The quantitative estimate of drug-likeness (QED) is 0.629. The number of methoxy groups -OCH3 is 1. The number of nitrogens with one attached hydrogen (secondary N) is 1. The van der Waals surface area contributed by atoms with Crippen LogP contribution in [-0.2, 0) is 6.42 Å². The van der Waals surface area contributed by atoms with Gasteiger partial charge in [0.2, 0.25) is 5.78 Å². The van der Waals surface area contributed by atoms with Crippen molar-refractivity contribution in [1.82, 2.24) is 14.4 Å². The molecular weight excluding hydrogens is 302 g/mol. The highest BCUT2D eigenvalue weighted by atomic mass is 16.5. The molecule has 2 aromatic heterocycles. The van der Waals surface area contributed by atoms with Gasteiger partial charge in [-0.2, -0.15) is 0 Å². The van der Waals surface area contributed by atoms with Crippen LogP contribution in [0.3, 0.4) is 0 Å². The van der Waals surface area contributed by atoms with Crippen LogP contribution >= 0.6 is 0 Å². The molecule has 1 N–H and O–H groups in total. The molecule has 0 atom stereocenters. The Kier molecular flexibility index (Phi) is 3.34. The van der Waals surface area contributed by atoms with Gasteiger partial charge in [-0.1, -0.05) is 19.1 Å². The lowest BCUT2D eigenvalue weighted by molar-refractivity contribution is 0.415. The second-order valence-electron chi connectivity index (χ2n) is 5.63. The number of hydrogen-bond acceptors (Lipinski definition) is 3. The van der Waals surface area contributed by atoms with Gasteiger partial charge in [-0.3, -0.25) is 4.79 Å². The molecule has 0 saturated heterocycles. The Bertz CT molecular complexity index is 1090. The monoisotopic (exact) mass is 319 g/mol. The number of hydrogen-bond donors (Lipinski definition) is 1. The number of benzene rings is 2. The third kappa shape index (κ3) is 2.09. The highest BCUT2D eigenvalue weighted by Gasteiger charge is 2.16. The van der Waals surface area contributed by atoms with Crippen molar-refractivity contribution < 1.29 is 4.74 Å². The van der Waals surface area contributed by atoms with E-state index >= 15 is 0 Å². The van der Waals surface area contributed by atoms with E-state index in [9.17, 15) is 4.79 Å². The maximum Gasteiger partial charge on any atom is 0.263 e. The first kappa shape index (κ1) is 14.5. The number of ether oxygens (including phenoxy) is 1. The molecule has 0 spiro atoms. The van der Waals surface area contributed by atoms with Crippen LogP contribution < -0.4 is 10.3 Å². The topological polar surface area (TPSA) is 59.4 Å². The number of imidazole rings is 1. The van der Waals surface area contributed by atoms with Gasteiger partial charge >= 0.3 is 0 Å². The Balaban J connectivity index is 2.05. The molecule has 4 rings (SSSR count). The van der Waals surface area contributed by atoms with E-state index in [4.69, 9.17) is 9.72 Å². The molecule has 0 aliphatic heterocycles. The van der Waals surface area contributed by atoms with Gasteiger partial charge < -0.3 is 9.72 Å². The molecule has 5 heteroatoms. The summed E-state index contributed by atoms with van der Waals surface area (Å²) in [6.07, 6.45) is 0.621. The van der Waals surface area contributed by atoms with Gasteiger partial charge in [0.15, 0.2) is 0 Å². The van der Waals surface area contributed by atoms with Crippen molar-refractivity contribution >= 4 is 16.8 Å². The lowest BCUT2D eigenvalue weighted by Crippen LogP contribution is -2.20. The Morgan fingerprint density at radius 1 is 1.12 bits per heavy atom. The fourth-order valence-corrected chi connectivity index (χ4v) is 3.06. The molecule has 5 nitrogen and oxygen atoms in total. The van der Waals surface area contributed by atoms with Crippen LogP contribution in [0.2, 0.25) is 0 Å². The fraction of sp³-hybridized carbons (Fsp3) is 0.158. The van der Waals surface area contributed by atoms with Crippen molar-refractivity contribution in [3.05, 3.63) is 64.4 Å². The van der Waals surface area contributed by atoms with Crippen LogP contribution in [0, 0.1) is 0 Å². The molecule has 2 aromatic carbocycles. The van der Waals surface area contributed by atoms with Gasteiger partial charge in [-0.25, -0.2) is 9.38 Å². The molecule has 0 radical (unpaired) electrons. The fourth-order valence-electron chi connectivity index (χ4n) is 3.06. The van der Waals surface area contributed by atoms with Gasteiger partial charge in [0.05, 0.1) is 23.8 Å². The van der Waals surface area contributed by atoms with E-state index in [0.717, 1.165) is 28.0 Å². The zero-order valence-corrected chi connectivity index (χ0v) is 13.5. The van der Waals surface area contributed by atoms with Crippen molar-refractivity contribution in [2.24, 2.45) is 0 Å². The van der Waals surface area contributed by atoms with E-state index in [1.54, 1.807) is 11.5 Å². The zero-order valence-electron chi connectivity index (χ0n) is 13.5. The van der Waals surface area contributed by atoms with E-state index in [0.29, 0.717) is 17.8 Å². The maximum absolute atomic E-state index is 13.0. The summed E-state index contributed by atoms with van der Waals surface area (Å²) in [5.74, 6) is 1.34. The molecular formula is C19H17N3O2. The summed E-state index contributed by atoms with van der Waals surface area (Å²) in [6.45, 7) is 1.98. The van der Waals surface area contributed by atoms with E-state index in [-0.39, 0.29) is 5.56 Å². The van der Waals surface area contributed by atoms with Gasteiger partial charge in [0.25, 0.3) is 5.56 Å². The highest BCUT2D eigenvalue weighted by Crippen LogP contribution is 2.24. The third-order valence-electron chi connectivity index (χ3n) is 4.29. The molecule has 0 saturated carbocycles. The number of H-pyrrole nitrogens is 1. The summed E-state index contributed by atoms with van der Waals surface area (Å²) in [7, 11) is 1.63. The molecule has 0 amide bonds. The SMILES string of the molecule is CCc1c(-c2ccc(OC)cc2)nc2[nH]c3ccccc3n2c1=O. The van der Waals surface area contributed by atoms with E-state index < -0.39 is 0 Å². The smallest absolute Gasteiger partial charge is 0.263 e. The van der Waals surface area contributed by atoms with Gasteiger partial charge in [0, 0.05) is 11.1 Å². The number of rotatable bonds is 3. The van der Waals surface area contributed by atoms with Crippen LogP contribution in [0.5, 0.6) is 5.75 Å². The number of para-hydroxylation sites is 2. The summed E-state index contributed by atoms with van der Waals surface area (Å²) in [5.41, 5.74) is 4.06. The van der Waals surface area contributed by atoms with E-state index in [2.05, 4.69) is 4.98 Å². The largest absolute Gasteiger partial charge is 0.497 e. The second kappa shape index (κ2) is 5.53. The minimum absolute atomic E-state index is 0.0224. The number of aromatic nitrogens is 3. The molecule has 120 valence electrons. The average Bonchev–Trinajstić information content (AvgIpc) is 3.00. The Hall–Kier alpha value is -3.08. The molecule has 4 aromatic rings. The first-order chi connectivity index (χ1) is 11.7. The van der Waals surface area contributed by atoms with Crippen LogP contribution in [0.25, 0.3) is 28.1 Å². The van der Waals surface area contributed by atoms with E-state index in [1.807, 2.05) is 55.5 Å². The molecule has 0 bridgehead atoms. The van der Waals surface area contributed by atoms with Gasteiger partial charge in [-0.15, -0.1) is 0 Å². The molecule has 0 fully saturated rings. The van der Waals surface area contributed by atoms with Crippen molar-refractivity contribution in [2.45, 2.75) is 13.3 Å². The summed E-state index contributed by atoms with van der Waals surface area (Å²) in [5, 5.41) is 0. The molecule has 2 heterocycles. The summed E-state index contributed by atoms with van der Waals surface area (Å²) in [6, 6.07) is 15.3. The first-order valence-corrected chi connectivity index (χ1v) is 7.89. The predicted octanol–water partition coefficient (Wildman–Crippen LogP) is 3.41. The zero-order chi connectivity index (χ0) is 16.7. The minimum atomic E-state index is -0.0224. The maximum atomic E-state index is 13.0. The molecule has 24 heavy (non-hydrogen) atoms. The second-order valence-corrected chi connectivity index (χ2v) is 5.63. The molecule has 0 aliphatic carbocycles. The number of fused-ring (bicyclic) bond motifs is 3. The predicted molar refractivity (Wildman–Crippen MR) is 94.7 cm³/mol. The summed E-state index contributed by atoms with van der Waals surface area (Å²) in [4.78, 5) is 21.0. The summed E-state index contributed by atoms with van der Waals surface area (Å²) >= 11 is 0. The normalized spacial score (nSPS) is 11.2. The Morgan fingerprint density at radius 3 is 2.58 bits per heavy atom. The van der Waals surface area contributed by atoms with Crippen LogP contribution in [0.1, 0.15) is 12.5 Å². The number of aromatic amines is 1. The van der Waals surface area contributed by atoms with Crippen molar-refractivity contribution in [3.8, 4) is 17.0 Å². The van der Waals surface area contributed by atoms with Crippen molar-refractivity contribution in [2.75, 3.05) is 7.11 Å². The van der Waals surface area contributed by atoms with Gasteiger partial charge in [-0.05, 0) is 42.8 Å².